The Morgan fingerprint density at radius 1 is 1.04 bits per heavy atom. The second-order valence-electron chi connectivity index (χ2n) is 5.85. The predicted molar refractivity (Wildman–Crippen MR) is 97.5 cm³/mol. The summed E-state index contributed by atoms with van der Waals surface area (Å²) in [5.41, 5.74) is 2.14. The molecule has 1 aromatic carbocycles. The first kappa shape index (κ1) is 16.5. The van der Waals surface area contributed by atoms with E-state index < -0.39 is 0 Å². The van der Waals surface area contributed by atoms with Crippen LogP contribution in [-0.4, -0.2) is 55.4 Å². The van der Waals surface area contributed by atoms with Crippen molar-refractivity contribution in [2.24, 2.45) is 5.16 Å². The summed E-state index contributed by atoms with van der Waals surface area (Å²) in [7, 11) is 1.61. The summed E-state index contributed by atoms with van der Waals surface area (Å²) in [4.78, 5) is 14.3. The van der Waals surface area contributed by atoms with E-state index in [0.29, 0.717) is 0 Å². The van der Waals surface area contributed by atoms with Crippen molar-refractivity contribution in [3.8, 4) is 0 Å². The van der Waals surface area contributed by atoms with Crippen LogP contribution in [0.5, 0.6) is 0 Å². The van der Waals surface area contributed by atoms with Crippen LogP contribution in [0, 0.1) is 0 Å². The third-order valence-electron chi connectivity index (χ3n) is 4.32. The van der Waals surface area contributed by atoms with Crippen LogP contribution in [0.2, 0.25) is 0 Å². The van der Waals surface area contributed by atoms with Crippen molar-refractivity contribution in [3.05, 3.63) is 60.3 Å². The lowest BCUT2D eigenvalue weighted by Crippen LogP contribution is -2.47. The minimum Gasteiger partial charge on any atom is -0.399 e. The van der Waals surface area contributed by atoms with E-state index in [-0.39, 0.29) is 0 Å². The van der Waals surface area contributed by atoms with Gasteiger partial charge in [0, 0.05) is 45.3 Å². The van der Waals surface area contributed by atoms with Gasteiger partial charge in [0.2, 0.25) is 0 Å². The summed E-state index contributed by atoms with van der Waals surface area (Å²) in [5.74, 6) is 1.07. The fraction of sp³-hybridized carbons (Fsp3) is 0.368. The van der Waals surface area contributed by atoms with Gasteiger partial charge in [-0.3, -0.25) is 4.90 Å². The Morgan fingerprint density at radius 3 is 2.46 bits per heavy atom. The molecule has 0 atom stereocenters. The van der Waals surface area contributed by atoms with Crippen LogP contribution in [-0.2, 0) is 4.84 Å². The van der Waals surface area contributed by atoms with Crippen molar-refractivity contribution in [1.82, 2.24) is 9.88 Å². The number of aromatic nitrogens is 1. The van der Waals surface area contributed by atoms with Crippen molar-refractivity contribution < 1.29 is 4.84 Å². The van der Waals surface area contributed by atoms with Crippen molar-refractivity contribution >= 4 is 11.5 Å². The minimum absolute atomic E-state index is 0.890. The van der Waals surface area contributed by atoms with E-state index in [4.69, 9.17) is 4.84 Å². The van der Waals surface area contributed by atoms with Crippen LogP contribution in [0.3, 0.4) is 0 Å². The molecular weight excluding hydrogens is 300 g/mol. The number of hydrogen-bond acceptors (Lipinski definition) is 5. The zero-order valence-corrected chi connectivity index (χ0v) is 14.1. The average Bonchev–Trinajstić information content (AvgIpc) is 2.67. The molecule has 5 nitrogen and oxygen atoms in total. The molecule has 2 heterocycles. The molecule has 0 saturated carbocycles. The minimum atomic E-state index is 0.890. The maximum Gasteiger partial charge on any atom is 0.128 e. The number of hydrogen-bond donors (Lipinski definition) is 0. The molecule has 2 aromatic rings. The molecule has 24 heavy (non-hydrogen) atoms. The van der Waals surface area contributed by atoms with Gasteiger partial charge in [-0.1, -0.05) is 41.6 Å². The van der Waals surface area contributed by atoms with Gasteiger partial charge in [-0.05, 0) is 17.7 Å². The molecule has 126 valence electrons. The van der Waals surface area contributed by atoms with Gasteiger partial charge in [-0.2, -0.15) is 0 Å². The molecule has 1 saturated heterocycles. The highest BCUT2D eigenvalue weighted by molar-refractivity contribution is 6.00. The SMILES string of the molecule is CO/N=C(/CCN1CCN(c2ccccn2)CC1)c1ccccc1. The Bertz CT molecular complexity index is 637. The standard InChI is InChI=1S/C19H24N4O/c1-24-21-18(17-7-3-2-4-8-17)10-12-22-13-15-23(16-14-22)19-9-5-6-11-20-19/h2-9,11H,10,12-16H2,1H3/b21-18-. The summed E-state index contributed by atoms with van der Waals surface area (Å²) in [6.45, 7) is 5.11. The fourth-order valence-electron chi connectivity index (χ4n) is 2.99. The number of benzene rings is 1. The largest absolute Gasteiger partial charge is 0.399 e. The molecule has 0 unspecified atom stereocenters. The lowest BCUT2D eigenvalue weighted by Gasteiger charge is -2.35. The van der Waals surface area contributed by atoms with Crippen molar-refractivity contribution in [2.75, 3.05) is 44.7 Å². The maximum atomic E-state index is 5.03. The fourth-order valence-corrected chi connectivity index (χ4v) is 2.99. The molecule has 1 aliphatic rings. The molecule has 3 rings (SSSR count). The van der Waals surface area contributed by atoms with Crippen LogP contribution in [0.1, 0.15) is 12.0 Å². The van der Waals surface area contributed by atoms with Crippen molar-refractivity contribution in [3.63, 3.8) is 0 Å². The van der Waals surface area contributed by atoms with E-state index in [2.05, 4.69) is 38.1 Å². The number of anilines is 1. The quantitative estimate of drug-likeness (QED) is 0.605. The normalized spacial score (nSPS) is 16.2. The lowest BCUT2D eigenvalue weighted by atomic mass is 10.1. The number of oxime groups is 1. The Labute approximate surface area is 143 Å². The second kappa shape index (κ2) is 8.45. The van der Waals surface area contributed by atoms with Gasteiger partial charge < -0.3 is 9.74 Å². The highest BCUT2D eigenvalue weighted by atomic mass is 16.6. The molecule has 1 aromatic heterocycles. The third-order valence-corrected chi connectivity index (χ3v) is 4.32. The Hall–Kier alpha value is -2.40. The molecule has 0 bridgehead atoms. The first-order valence-corrected chi connectivity index (χ1v) is 8.40. The monoisotopic (exact) mass is 324 g/mol. The van der Waals surface area contributed by atoms with Gasteiger partial charge >= 0.3 is 0 Å². The summed E-state index contributed by atoms with van der Waals surface area (Å²) in [6, 6.07) is 16.3. The zero-order chi connectivity index (χ0) is 16.6. The Balaban J connectivity index is 1.52. The molecule has 1 aliphatic heterocycles. The zero-order valence-electron chi connectivity index (χ0n) is 14.1. The number of rotatable bonds is 6. The molecule has 0 aliphatic carbocycles. The van der Waals surface area contributed by atoms with Gasteiger partial charge in [0.15, 0.2) is 0 Å². The topological polar surface area (TPSA) is 41.0 Å². The Kier molecular flexibility index (Phi) is 5.80. The van der Waals surface area contributed by atoms with Crippen LogP contribution in [0.4, 0.5) is 5.82 Å². The molecule has 0 amide bonds. The summed E-state index contributed by atoms with van der Waals surface area (Å²) < 4.78 is 0. The first-order valence-electron chi connectivity index (χ1n) is 8.40. The van der Waals surface area contributed by atoms with E-state index in [1.807, 2.05) is 36.5 Å². The van der Waals surface area contributed by atoms with Crippen LogP contribution < -0.4 is 4.90 Å². The van der Waals surface area contributed by atoms with Gasteiger partial charge in [0.05, 0.1) is 5.71 Å². The molecular formula is C19H24N4O. The van der Waals surface area contributed by atoms with Gasteiger partial charge in [-0.25, -0.2) is 4.98 Å². The highest BCUT2D eigenvalue weighted by Crippen LogP contribution is 2.13. The molecule has 0 radical (unpaired) electrons. The van der Waals surface area contributed by atoms with E-state index in [1.165, 1.54) is 0 Å². The third kappa shape index (κ3) is 4.32. The average molecular weight is 324 g/mol. The van der Waals surface area contributed by atoms with Crippen molar-refractivity contribution in [1.29, 1.82) is 0 Å². The van der Waals surface area contributed by atoms with Crippen LogP contribution in [0.15, 0.2) is 59.9 Å². The van der Waals surface area contributed by atoms with E-state index in [9.17, 15) is 0 Å². The summed E-state index contributed by atoms with van der Waals surface area (Å²) in [6.07, 6.45) is 2.75. The predicted octanol–water partition coefficient (Wildman–Crippen LogP) is 2.64. The number of pyridine rings is 1. The summed E-state index contributed by atoms with van der Waals surface area (Å²) >= 11 is 0. The highest BCUT2D eigenvalue weighted by Gasteiger charge is 2.18. The second-order valence-corrected chi connectivity index (χ2v) is 5.85. The maximum absolute atomic E-state index is 5.03. The molecule has 0 N–H and O–H groups in total. The van der Waals surface area contributed by atoms with Gasteiger partial charge in [-0.15, -0.1) is 0 Å². The number of nitrogens with zero attached hydrogens (tertiary/aromatic N) is 4. The molecule has 5 heteroatoms. The van der Waals surface area contributed by atoms with E-state index in [1.54, 1.807) is 7.11 Å². The van der Waals surface area contributed by atoms with Crippen molar-refractivity contribution in [2.45, 2.75) is 6.42 Å². The van der Waals surface area contributed by atoms with Gasteiger partial charge in [0.25, 0.3) is 0 Å². The lowest BCUT2D eigenvalue weighted by molar-refractivity contribution is 0.211. The summed E-state index contributed by atoms with van der Waals surface area (Å²) in [5, 5.41) is 4.21. The Morgan fingerprint density at radius 2 is 1.79 bits per heavy atom. The number of piperazine rings is 1. The smallest absolute Gasteiger partial charge is 0.128 e. The molecule has 0 spiro atoms. The van der Waals surface area contributed by atoms with Crippen LogP contribution >= 0.6 is 0 Å². The van der Waals surface area contributed by atoms with Crippen LogP contribution in [0.25, 0.3) is 0 Å². The van der Waals surface area contributed by atoms with Gasteiger partial charge in [0.1, 0.15) is 12.9 Å². The van der Waals surface area contributed by atoms with E-state index in [0.717, 1.165) is 56.2 Å². The molecule has 1 fully saturated rings. The first-order chi connectivity index (χ1) is 11.9. The van der Waals surface area contributed by atoms with E-state index >= 15 is 0 Å².